The molecule has 0 radical (unpaired) electrons. The lowest BCUT2D eigenvalue weighted by atomic mass is 10.1. The molecule has 0 saturated carbocycles. The first-order valence-electron chi connectivity index (χ1n) is 7.94. The summed E-state index contributed by atoms with van der Waals surface area (Å²) in [4.78, 5) is 4.63. The molecule has 4 rings (SSSR count). The summed E-state index contributed by atoms with van der Waals surface area (Å²) >= 11 is 0. The lowest BCUT2D eigenvalue weighted by molar-refractivity contribution is 0.390. The summed E-state index contributed by atoms with van der Waals surface area (Å²) in [5.41, 5.74) is 2.90. The summed E-state index contributed by atoms with van der Waals surface area (Å²) < 4.78 is 35.2. The van der Waals surface area contributed by atoms with Gasteiger partial charge in [-0.3, -0.25) is 4.72 Å². The molecule has 0 fully saturated rings. The Kier molecular flexibility index (Phi) is 3.77. The van der Waals surface area contributed by atoms with Gasteiger partial charge in [0.2, 0.25) is 0 Å². The van der Waals surface area contributed by atoms with Crippen LogP contribution in [-0.2, 0) is 10.0 Å². The van der Waals surface area contributed by atoms with E-state index in [1.807, 2.05) is 47.1 Å². The molecule has 4 aromatic rings. The first-order chi connectivity index (χ1) is 12.5. The van der Waals surface area contributed by atoms with Gasteiger partial charge in [-0.25, -0.2) is 13.4 Å². The van der Waals surface area contributed by atoms with Crippen LogP contribution in [0.15, 0.2) is 64.3 Å². The number of imidazole rings is 1. The van der Waals surface area contributed by atoms with E-state index in [4.69, 9.17) is 4.52 Å². The van der Waals surface area contributed by atoms with Gasteiger partial charge in [0.05, 0.1) is 11.4 Å². The van der Waals surface area contributed by atoms with Crippen molar-refractivity contribution >= 4 is 21.4 Å². The molecule has 26 heavy (non-hydrogen) atoms. The van der Waals surface area contributed by atoms with Gasteiger partial charge in [0.25, 0.3) is 10.0 Å². The average molecular weight is 368 g/mol. The van der Waals surface area contributed by atoms with E-state index in [2.05, 4.69) is 14.9 Å². The second kappa shape index (κ2) is 5.99. The van der Waals surface area contributed by atoms with Crippen molar-refractivity contribution in [2.75, 3.05) is 4.72 Å². The van der Waals surface area contributed by atoms with Crippen LogP contribution in [0.5, 0.6) is 0 Å². The third-order valence-corrected chi connectivity index (χ3v) is 5.66. The van der Waals surface area contributed by atoms with Crippen LogP contribution in [0.4, 0.5) is 5.69 Å². The van der Waals surface area contributed by atoms with Gasteiger partial charge in [0.15, 0.2) is 10.7 Å². The topological polar surface area (TPSA) is 89.5 Å². The van der Waals surface area contributed by atoms with Gasteiger partial charge >= 0.3 is 0 Å². The van der Waals surface area contributed by atoms with Gasteiger partial charge in [0, 0.05) is 18.0 Å². The number of benzene rings is 1. The number of nitrogens with one attached hydrogen (secondary N) is 1. The molecule has 0 spiro atoms. The van der Waals surface area contributed by atoms with Crippen LogP contribution in [0, 0.1) is 13.8 Å². The lowest BCUT2D eigenvalue weighted by Gasteiger charge is -2.11. The van der Waals surface area contributed by atoms with Gasteiger partial charge < -0.3 is 8.92 Å². The number of hydrogen-bond acceptors (Lipinski definition) is 5. The first kappa shape index (κ1) is 16.3. The molecule has 1 aromatic carbocycles. The Bertz CT molecular complexity index is 1160. The molecule has 0 atom stereocenters. The molecule has 0 unspecified atom stereocenters. The smallest absolute Gasteiger partial charge is 0.267 e. The highest BCUT2D eigenvalue weighted by Crippen LogP contribution is 2.30. The largest absolute Gasteiger partial charge is 0.360 e. The molecule has 0 aliphatic heterocycles. The fourth-order valence-corrected chi connectivity index (χ4v) is 4.33. The molecule has 3 aromatic heterocycles. The minimum absolute atomic E-state index is 0.0577. The van der Waals surface area contributed by atoms with Crippen molar-refractivity contribution in [3.8, 4) is 11.3 Å². The van der Waals surface area contributed by atoms with Crippen LogP contribution >= 0.6 is 0 Å². The molecule has 0 saturated heterocycles. The molecule has 3 heterocycles. The predicted molar refractivity (Wildman–Crippen MR) is 97.4 cm³/mol. The normalized spacial score (nSPS) is 11.8. The number of fused-ring (bicyclic) bond motifs is 1. The van der Waals surface area contributed by atoms with Crippen LogP contribution in [0.1, 0.15) is 11.5 Å². The summed E-state index contributed by atoms with van der Waals surface area (Å²) in [7, 11) is -3.83. The maximum Gasteiger partial charge on any atom is 0.267 e. The second-order valence-electron chi connectivity index (χ2n) is 5.90. The van der Waals surface area contributed by atoms with Crippen LogP contribution in [-0.4, -0.2) is 23.0 Å². The molecule has 0 aliphatic rings. The van der Waals surface area contributed by atoms with Crippen molar-refractivity contribution in [1.82, 2.24) is 14.5 Å². The molecule has 0 amide bonds. The van der Waals surface area contributed by atoms with E-state index in [0.29, 0.717) is 22.6 Å². The Morgan fingerprint density at radius 2 is 1.85 bits per heavy atom. The zero-order chi connectivity index (χ0) is 18.3. The zero-order valence-corrected chi connectivity index (χ0v) is 15.0. The molecule has 7 nitrogen and oxygen atoms in total. The lowest BCUT2D eigenvalue weighted by Crippen LogP contribution is -2.15. The van der Waals surface area contributed by atoms with Crippen molar-refractivity contribution < 1.29 is 12.9 Å². The Labute approximate surface area is 150 Å². The number of nitrogens with zero attached hydrogens (tertiary/aromatic N) is 3. The van der Waals surface area contributed by atoms with E-state index in [9.17, 15) is 8.42 Å². The average Bonchev–Trinajstić information content (AvgIpc) is 3.18. The minimum atomic E-state index is -3.83. The van der Waals surface area contributed by atoms with Gasteiger partial charge in [-0.05, 0) is 32.0 Å². The fraction of sp³-hybridized carbons (Fsp3) is 0.111. The first-order valence-corrected chi connectivity index (χ1v) is 9.43. The highest BCUT2D eigenvalue weighted by molar-refractivity contribution is 7.92. The van der Waals surface area contributed by atoms with E-state index in [1.54, 1.807) is 26.0 Å². The van der Waals surface area contributed by atoms with Crippen molar-refractivity contribution in [2.24, 2.45) is 0 Å². The maximum absolute atomic E-state index is 12.8. The van der Waals surface area contributed by atoms with Crippen LogP contribution in [0.3, 0.4) is 0 Å². The van der Waals surface area contributed by atoms with E-state index in [0.717, 1.165) is 5.65 Å². The number of hydrogen-bond donors (Lipinski definition) is 1. The zero-order valence-electron chi connectivity index (χ0n) is 14.2. The molecule has 8 heteroatoms. The number of anilines is 1. The van der Waals surface area contributed by atoms with E-state index in [-0.39, 0.29) is 10.7 Å². The summed E-state index contributed by atoms with van der Waals surface area (Å²) in [5, 5.41) is 3.72. The molecule has 132 valence electrons. The Morgan fingerprint density at radius 3 is 2.58 bits per heavy atom. The second-order valence-corrected chi connectivity index (χ2v) is 7.52. The fourth-order valence-electron chi connectivity index (χ4n) is 2.91. The third kappa shape index (κ3) is 2.74. The number of aromatic nitrogens is 3. The van der Waals surface area contributed by atoms with Crippen molar-refractivity contribution in [1.29, 1.82) is 0 Å². The van der Waals surface area contributed by atoms with Crippen molar-refractivity contribution in [3.05, 3.63) is 66.3 Å². The Morgan fingerprint density at radius 1 is 1.08 bits per heavy atom. The summed E-state index contributed by atoms with van der Waals surface area (Å²) in [6.07, 6.45) is 3.75. The van der Waals surface area contributed by atoms with Crippen LogP contribution in [0.2, 0.25) is 0 Å². The quantitative estimate of drug-likeness (QED) is 0.596. The summed E-state index contributed by atoms with van der Waals surface area (Å²) in [5.74, 6) is 0.250. The molecular formula is C18H16N4O3S. The predicted octanol–water partition coefficient (Wildman–Crippen LogP) is 3.41. The Hall–Kier alpha value is -3.13. The van der Waals surface area contributed by atoms with E-state index < -0.39 is 10.0 Å². The standard InChI is InChI=1S/C18H16N4O3S/c1-12-18(13(2)25-20-12)26(23,24)21-15-8-4-3-7-14(15)16-11-22-10-6-5-9-17(22)19-16/h3-11,21H,1-2H3. The number of pyridine rings is 1. The summed E-state index contributed by atoms with van der Waals surface area (Å²) in [6.45, 7) is 3.17. The van der Waals surface area contributed by atoms with E-state index in [1.165, 1.54) is 0 Å². The van der Waals surface area contributed by atoms with Crippen LogP contribution < -0.4 is 4.72 Å². The van der Waals surface area contributed by atoms with Gasteiger partial charge in [0.1, 0.15) is 11.3 Å². The number of aryl methyl sites for hydroxylation is 2. The minimum Gasteiger partial charge on any atom is -0.360 e. The number of sulfonamides is 1. The van der Waals surface area contributed by atoms with Gasteiger partial charge in [-0.15, -0.1) is 0 Å². The SMILES string of the molecule is Cc1noc(C)c1S(=O)(=O)Nc1ccccc1-c1cn2ccccc2n1. The van der Waals surface area contributed by atoms with Crippen molar-refractivity contribution in [3.63, 3.8) is 0 Å². The monoisotopic (exact) mass is 368 g/mol. The van der Waals surface area contributed by atoms with Crippen LogP contribution in [0.25, 0.3) is 16.9 Å². The molecule has 0 aliphatic carbocycles. The highest BCUT2D eigenvalue weighted by Gasteiger charge is 2.25. The number of para-hydroxylation sites is 1. The molecular weight excluding hydrogens is 352 g/mol. The maximum atomic E-state index is 12.8. The highest BCUT2D eigenvalue weighted by atomic mass is 32.2. The number of rotatable bonds is 4. The van der Waals surface area contributed by atoms with Crippen molar-refractivity contribution in [2.45, 2.75) is 18.7 Å². The molecule has 1 N–H and O–H groups in total. The Balaban J connectivity index is 1.79. The third-order valence-electron chi connectivity index (χ3n) is 4.05. The summed E-state index contributed by atoms with van der Waals surface area (Å²) in [6, 6.07) is 12.8. The van der Waals surface area contributed by atoms with Gasteiger partial charge in [-0.1, -0.05) is 29.4 Å². The molecule has 0 bridgehead atoms. The van der Waals surface area contributed by atoms with Gasteiger partial charge in [-0.2, -0.15) is 0 Å². The van der Waals surface area contributed by atoms with E-state index >= 15 is 0 Å².